The van der Waals surface area contributed by atoms with E-state index < -0.39 is 96.3 Å². The summed E-state index contributed by atoms with van der Waals surface area (Å²) in [5, 5.41) is 43.5. The van der Waals surface area contributed by atoms with Gasteiger partial charge in [-0.1, -0.05) is 52.0 Å². The number of nitrogens with two attached hydrogens (primary N) is 1. The van der Waals surface area contributed by atoms with E-state index in [0.717, 1.165) is 5.01 Å². The van der Waals surface area contributed by atoms with Crippen molar-refractivity contribution < 1.29 is 53.7 Å². The van der Waals surface area contributed by atoms with E-state index in [2.05, 4.69) is 26.7 Å². The standard InChI is InChI=1S/C49H72N8O11/c1-27(2)21-37(50)48(67)56-20-8-9-42(56)45(64)38-18-19-39(53-40(30(6)59)22-28(3)4)46(65)44(31(7)60)55-43(63)25-51-57(34(26-58)23-32-10-14-35(61)15-11-32)49(68)41(54-47(66)29(5)52-38)24-33-12-16-36(62)17-13-33/h10-17,26-29,31,34,37-42,44,51-53,60-62H,8-9,18-25,50H2,1-7H3,(H,54,66)(H,55,63)/t29-,31+,34+,37+,38?,39?,40+,41+,42+,44+/m1/s1. The maximum Gasteiger partial charge on any atom is 0.260 e. The van der Waals surface area contributed by atoms with Crippen molar-refractivity contribution in [2.24, 2.45) is 17.6 Å². The minimum atomic E-state index is -1.57. The third kappa shape index (κ3) is 15.7. The zero-order valence-electron chi connectivity index (χ0n) is 40.3. The van der Waals surface area contributed by atoms with Crippen molar-refractivity contribution in [3.63, 3.8) is 0 Å². The molecule has 0 radical (unpaired) electrons. The van der Waals surface area contributed by atoms with Crippen LogP contribution in [0.25, 0.3) is 0 Å². The molecule has 0 spiro atoms. The van der Waals surface area contributed by atoms with Gasteiger partial charge in [-0.15, -0.1) is 0 Å². The highest BCUT2D eigenvalue weighted by molar-refractivity contribution is 5.97. The number of hydrogen-bond donors (Lipinski definition) is 9. The van der Waals surface area contributed by atoms with Crippen LogP contribution in [0.15, 0.2) is 48.5 Å². The fraction of sp³-hybridized carbons (Fsp3) is 0.592. The summed E-state index contributed by atoms with van der Waals surface area (Å²) in [5.74, 6) is -4.25. The molecular weight excluding hydrogens is 877 g/mol. The summed E-state index contributed by atoms with van der Waals surface area (Å²) < 4.78 is 0. The molecule has 374 valence electrons. The average molecular weight is 949 g/mol. The zero-order chi connectivity index (χ0) is 50.4. The number of aliphatic hydroxyl groups is 1. The molecule has 19 heteroatoms. The molecule has 0 bridgehead atoms. The minimum absolute atomic E-state index is 0.0102. The van der Waals surface area contributed by atoms with Crippen LogP contribution in [0.5, 0.6) is 11.5 Å². The number of amides is 4. The number of carbonyl (C=O) groups is 8. The Morgan fingerprint density at radius 2 is 1.47 bits per heavy atom. The number of ketones is 3. The van der Waals surface area contributed by atoms with Gasteiger partial charge in [-0.2, -0.15) is 0 Å². The highest BCUT2D eigenvalue weighted by atomic mass is 16.3. The Morgan fingerprint density at radius 3 is 2.03 bits per heavy atom. The van der Waals surface area contributed by atoms with Crippen molar-refractivity contribution >= 4 is 47.3 Å². The van der Waals surface area contributed by atoms with E-state index in [1.165, 1.54) is 49.9 Å². The number of hydrogen-bond acceptors (Lipinski definition) is 15. The quantitative estimate of drug-likeness (QED) is 0.0989. The number of aromatic hydroxyl groups is 2. The Morgan fingerprint density at radius 1 is 0.868 bits per heavy atom. The number of benzene rings is 2. The number of nitrogens with one attached hydrogen (secondary N) is 5. The highest BCUT2D eigenvalue weighted by Gasteiger charge is 2.42. The van der Waals surface area contributed by atoms with Crippen LogP contribution in [0, 0.1) is 11.8 Å². The second kappa shape index (κ2) is 25.7. The Kier molecular flexibility index (Phi) is 20.8. The lowest BCUT2D eigenvalue weighted by atomic mass is 9.90. The van der Waals surface area contributed by atoms with E-state index in [9.17, 15) is 53.7 Å². The van der Waals surface area contributed by atoms with Gasteiger partial charge in [0.2, 0.25) is 17.7 Å². The summed E-state index contributed by atoms with van der Waals surface area (Å²) in [6, 6.07) is 1.23. The van der Waals surface area contributed by atoms with Gasteiger partial charge in [0, 0.05) is 19.4 Å². The van der Waals surface area contributed by atoms with Crippen molar-refractivity contribution in [1.82, 2.24) is 36.6 Å². The summed E-state index contributed by atoms with van der Waals surface area (Å²) >= 11 is 0. The van der Waals surface area contributed by atoms with Crippen LogP contribution >= 0.6 is 0 Å². The summed E-state index contributed by atoms with van der Waals surface area (Å²) in [5.41, 5.74) is 10.1. The van der Waals surface area contributed by atoms with Crippen LogP contribution in [0.2, 0.25) is 0 Å². The predicted octanol–water partition coefficient (Wildman–Crippen LogP) is 0.739. The van der Waals surface area contributed by atoms with Crippen molar-refractivity contribution in [3.8, 4) is 11.5 Å². The molecule has 0 saturated carbocycles. The molecule has 2 aliphatic rings. The molecular formula is C49H72N8O11. The first-order valence-corrected chi connectivity index (χ1v) is 23.6. The first-order chi connectivity index (χ1) is 32.1. The lowest BCUT2D eigenvalue weighted by Gasteiger charge is -2.33. The largest absolute Gasteiger partial charge is 0.508 e. The van der Waals surface area contributed by atoms with Gasteiger partial charge in [-0.05, 0) is 107 Å². The van der Waals surface area contributed by atoms with E-state index in [1.54, 1.807) is 24.3 Å². The molecule has 10 N–H and O–H groups in total. The van der Waals surface area contributed by atoms with E-state index >= 15 is 0 Å². The normalized spacial score (nSPS) is 24.5. The van der Waals surface area contributed by atoms with E-state index in [4.69, 9.17) is 5.73 Å². The van der Waals surface area contributed by atoms with Gasteiger partial charge in [0.25, 0.3) is 5.91 Å². The number of aliphatic hydroxyl groups excluding tert-OH is 1. The van der Waals surface area contributed by atoms with Crippen molar-refractivity contribution in [1.29, 1.82) is 0 Å². The molecule has 2 saturated heterocycles. The van der Waals surface area contributed by atoms with Gasteiger partial charge in [0.1, 0.15) is 41.7 Å². The molecule has 2 aromatic rings. The predicted molar refractivity (Wildman–Crippen MR) is 253 cm³/mol. The second-order valence-corrected chi connectivity index (χ2v) is 19.1. The third-order valence-electron chi connectivity index (χ3n) is 12.4. The van der Waals surface area contributed by atoms with Crippen LogP contribution in [0.1, 0.15) is 98.1 Å². The number of phenolic OH excluding ortho intramolecular Hbond substituents is 2. The molecule has 2 aliphatic heterocycles. The van der Waals surface area contributed by atoms with Crippen LogP contribution in [-0.4, -0.2) is 146 Å². The number of carbonyl (C=O) groups excluding carboxylic acids is 8. The Bertz CT molecular complexity index is 2060. The minimum Gasteiger partial charge on any atom is -0.508 e. The van der Waals surface area contributed by atoms with Crippen molar-refractivity contribution in [3.05, 3.63) is 59.7 Å². The van der Waals surface area contributed by atoms with Crippen molar-refractivity contribution in [2.45, 2.75) is 160 Å². The first-order valence-electron chi connectivity index (χ1n) is 23.6. The Labute approximate surface area is 398 Å². The van der Waals surface area contributed by atoms with Crippen LogP contribution in [0.3, 0.4) is 0 Å². The van der Waals surface area contributed by atoms with Gasteiger partial charge in [-0.25, -0.2) is 5.43 Å². The monoisotopic (exact) mass is 949 g/mol. The second-order valence-electron chi connectivity index (χ2n) is 19.1. The Hall–Kier alpha value is -5.60. The van der Waals surface area contributed by atoms with Crippen molar-refractivity contribution in [2.75, 3.05) is 13.1 Å². The molecule has 2 heterocycles. The lowest BCUT2D eigenvalue weighted by Crippen LogP contribution is -2.62. The van der Waals surface area contributed by atoms with Gasteiger partial charge >= 0.3 is 0 Å². The van der Waals surface area contributed by atoms with Crippen LogP contribution in [-0.2, 0) is 51.2 Å². The topological polar surface area (TPSA) is 290 Å². The molecule has 0 aliphatic carbocycles. The van der Waals surface area contributed by atoms with Gasteiger partial charge in [0.05, 0.1) is 48.9 Å². The van der Waals surface area contributed by atoms with Gasteiger partial charge in [-0.3, -0.25) is 49.2 Å². The number of aldehydes is 1. The highest BCUT2D eigenvalue weighted by Crippen LogP contribution is 2.24. The number of nitrogens with zero attached hydrogens (tertiary/aromatic N) is 2. The third-order valence-corrected chi connectivity index (χ3v) is 12.4. The average Bonchev–Trinajstić information content (AvgIpc) is 3.78. The van der Waals surface area contributed by atoms with E-state index in [0.29, 0.717) is 43.1 Å². The number of phenols is 2. The van der Waals surface area contributed by atoms with Crippen LogP contribution < -0.4 is 32.4 Å². The molecule has 19 nitrogen and oxygen atoms in total. The molecule has 2 unspecified atom stereocenters. The number of rotatable bonds is 17. The first kappa shape index (κ1) is 55.0. The number of hydrazine groups is 1. The molecule has 2 fully saturated rings. The summed E-state index contributed by atoms with van der Waals surface area (Å²) in [4.78, 5) is 114. The molecule has 4 amide bonds. The number of likely N-dealkylation sites (tertiary alicyclic amines) is 1. The maximum absolute atomic E-state index is 14.9. The Balaban J connectivity index is 1.85. The van der Waals surface area contributed by atoms with Crippen LogP contribution in [0.4, 0.5) is 0 Å². The summed E-state index contributed by atoms with van der Waals surface area (Å²) in [6.07, 6.45) is 0.0239. The smallest absolute Gasteiger partial charge is 0.260 e. The fourth-order valence-electron chi connectivity index (χ4n) is 8.76. The van der Waals surface area contributed by atoms with Gasteiger partial charge < -0.3 is 41.4 Å². The van der Waals surface area contributed by atoms with Gasteiger partial charge in [0.15, 0.2) is 11.6 Å². The summed E-state index contributed by atoms with van der Waals surface area (Å²) in [6.45, 7) is 11.4. The molecule has 4 rings (SSSR count). The van der Waals surface area contributed by atoms with E-state index in [-0.39, 0.29) is 67.3 Å². The number of Topliss-reactive ketones (excluding diaryl/α,β-unsaturated/α-hetero) is 3. The summed E-state index contributed by atoms with van der Waals surface area (Å²) in [7, 11) is 0. The zero-order valence-corrected chi connectivity index (χ0v) is 40.3. The molecule has 0 aromatic heterocycles. The SMILES string of the molecule is CC(=O)[C@H](CC(C)C)NC1CCC(C(=O)[C@@H]2CCCN2C(=O)[C@@H](N)CC(C)C)N[C@H](C)C(=O)N[C@@H](Cc2ccc(O)cc2)C(=O)N([C@H](C=O)Cc2ccc(O)cc2)NCC(=O)N[C@@H]([C@H](C)O)C1=O. The molecule has 68 heavy (non-hydrogen) atoms. The van der Waals surface area contributed by atoms with E-state index in [1.807, 2.05) is 27.7 Å². The fourth-order valence-corrected chi connectivity index (χ4v) is 8.76. The lowest BCUT2D eigenvalue weighted by molar-refractivity contribution is -0.145. The molecule has 10 atom stereocenters. The maximum atomic E-state index is 14.9. The molecule has 2 aromatic carbocycles.